The standard InChI is InChI=1S/C24H30N4O2/c1-14-7-8-15(21(29)27-24(5,6)17-9-10-17)11-18(14)16-12-19-20(25-13-16)28(22(30)26-19)23(2,3)4/h7-8,11-13,17H,9-10H2,1-6H3,(H,26,30)(H,27,29). The highest BCUT2D eigenvalue weighted by Crippen LogP contribution is 2.39. The lowest BCUT2D eigenvalue weighted by atomic mass is 9.96. The molecule has 1 aliphatic carbocycles. The molecule has 6 nitrogen and oxygen atoms in total. The molecule has 30 heavy (non-hydrogen) atoms. The number of amides is 1. The minimum atomic E-state index is -0.369. The van der Waals surface area contributed by atoms with Crippen molar-refractivity contribution in [2.75, 3.05) is 0 Å². The Morgan fingerprint density at radius 2 is 1.87 bits per heavy atom. The Morgan fingerprint density at radius 3 is 2.50 bits per heavy atom. The lowest BCUT2D eigenvalue weighted by Crippen LogP contribution is -2.45. The van der Waals surface area contributed by atoms with Crippen molar-refractivity contribution in [1.82, 2.24) is 19.9 Å². The first-order valence-electron chi connectivity index (χ1n) is 10.5. The van der Waals surface area contributed by atoms with E-state index < -0.39 is 0 Å². The number of aryl methyl sites for hydroxylation is 1. The number of carbonyl (C=O) groups is 1. The lowest BCUT2D eigenvalue weighted by Gasteiger charge is -2.26. The Bertz CT molecular complexity index is 1190. The summed E-state index contributed by atoms with van der Waals surface area (Å²) in [5.74, 6) is 0.496. The number of nitrogens with one attached hydrogen (secondary N) is 2. The summed E-state index contributed by atoms with van der Waals surface area (Å²) in [4.78, 5) is 32.8. The van der Waals surface area contributed by atoms with E-state index in [9.17, 15) is 9.59 Å². The maximum Gasteiger partial charge on any atom is 0.328 e. The van der Waals surface area contributed by atoms with E-state index in [-0.39, 0.29) is 22.7 Å². The lowest BCUT2D eigenvalue weighted by molar-refractivity contribution is 0.0903. The molecule has 1 saturated carbocycles. The third-order valence-corrected chi connectivity index (χ3v) is 6.04. The minimum Gasteiger partial charge on any atom is -0.347 e. The van der Waals surface area contributed by atoms with Crippen LogP contribution >= 0.6 is 0 Å². The third kappa shape index (κ3) is 3.66. The van der Waals surface area contributed by atoms with Gasteiger partial charge in [0.05, 0.1) is 5.52 Å². The predicted octanol–water partition coefficient (Wildman–Crippen LogP) is 4.37. The van der Waals surface area contributed by atoms with Crippen LogP contribution in [-0.4, -0.2) is 26.0 Å². The van der Waals surface area contributed by atoms with Gasteiger partial charge in [0.1, 0.15) is 0 Å². The van der Waals surface area contributed by atoms with Crippen LogP contribution in [0.4, 0.5) is 0 Å². The van der Waals surface area contributed by atoms with E-state index in [2.05, 4.69) is 29.1 Å². The van der Waals surface area contributed by atoms with Crippen LogP contribution in [-0.2, 0) is 5.54 Å². The number of hydrogen-bond acceptors (Lipinski definition) is 3. The minimum absolute atomic E-state index is 0.0607. The van der Waals surface area contributed by atoms with Crippen LogP contribution in [0.3, 0.4) is 0 Å². The molecule has 0 saturated heterocycles. The molecule has 0 bridgehead atoms. The maximum absolute atomic E-state index is 12.9. The Hall–Kier alpha value is -2.89. The second-order valence-electron chi connectivity index (χ2n) is 10.0. The molecule has 4 rings (SSSR count). The molecular weight excluding hydrogens is 376 g/mol. The topological polar surface area (TPSA) is 79.8 Å². The average molecular weight is 407 g/mol. The van der Waals surface area contributed by atoms with Gasteiger partial charge in [-0.3, -0.25) is 9.36 Å². The predicted molar refractivity (Wildman–Crippen MR) is 120 cm³/mol. The van der Waals surface area contributed by atoms with Crippen molar-refractivity contribution >= 4 is 17.1 Å². The number of carbonyl (C=O) groups excluding carboxylic acids is 1. The largest absolute Gasteiger partial charge is 0.347 e. The van der Waals surface area contributed by atoms with Crippen LogP contribution in [0.25, 0.3) is 22.3 Å². The Kier molecular flexibility index (Phi) is 4.64. The van der Waals surface area contributed by atoms with Gasteiger partial charge in [-0.25, -0.2) is 9.78 Å². The average Bonchev–Trinajstić information content (AvgIpc) is 3.43. The van der Waals surface area contributed by atoms with Gasteiger partial charge in [-0.1, -0.05) is 6.07 Å². The quantitative estimate of drug-likeness (QED) is 0.675. The second-order valence-corrected chi connectivity index (χ2v) is 10.0. The normalized spacial score (nSPS) is 14.9. The summed E-state index contributed by atoms with van der Waals surface area (Å²) >= 11 is 0. The first-order chi connectivity index (χ1) is 14.0. The van der Waals surface area contributed by atoms with Gasteiger partial charge in [0.25, 0.3) is 5.91 Å². The monoisotopic (exact) mass is 406 g/mol. The summed E-state index contributed by atoms with van der Waals surface area (Å²) in [5, 5.41) is 3.18. The van der Waals surface area contributed by atoms with E-state index in [1.54, 1.807) is 10.8 Å². The molecule has 158 valence electrons. The van der Waals surface area contributed by atoms with Crippen LogP contribution in [0.15, 0.2) is 35.3 Å². The highest BCUT2D eigenvalue weighted by atomic mass is 16.2. The number of aromatic nitrogens is 3. The van der Waals surface area contributed by atoms with E-state index in [1.165, 1.54) is 12.8 Å². The summed E-state index contributed by atoms with van der Waals surface area (Å²) in [6.07, 6.45) is 4.12. The first kappa shape index (κ1) is 20.4. The number of H-pyrrole nitrogens is 1. The summed E-state index contributed by atoms with van der Waals surface area (Å²) < 4.78 is 1.67. The number of hydrogen-bond donors (Lipinski definition) is 2. The molecule has 1 fully saturated rings. The van der Waals surface area contributed by atoms with Crippen molar-refractivity contribution in [2.24, 2.45) is 5.92 Å². The van der Waals surface area contributed by atoms with E-state index >= 15 is 0 Å². The van der Waals surface area contributed by atoms with Gasteiger partial charge in [-0.05, 0) is 89.6 Å². The van der Waals surface area contributed by atoms with Gasteiger partial charge in [0, 0.05) is 28.4 Å². The number of fused-ring (bicyclic) bond motifs is 1. The highest BCUT2D eigenvalue weighted by molar-refractivity contribution is 5.96. The van der Waals surface area contributed by atoms with Gasteiger partial charge < -0.3 is 10.3 Å². The molecule has 2 N–H and O–H groups in total. The molecule has 0 spiro atoms. The number of aromatic amines is 1. The first-order valence-corrected chi connectivity index (χ1v) is 10.5. The number of imidazole rings is 1. The van der Waals surface area contributed by atoms with Gasteiger partial charge in [0.15, 0.2) is 5.65 Å². The molecule has 6 heteroatoms. The van der Waals surface area contributed by atoms with Crippen LogP contribution in [0.1, 0.15) is 63.4 Å². The zero-order valence-corrected chi connectivity index (χ0v) is 18.6. The van der Waals surface area contributed by atoms with Crippen molar-refractivity contribution in [3.63, 3.8) is 0 Å². The number of benzene rings is 1. The van der Waals surface area contributed by atoms with E-state index in [0.717, 1.165) is 16.7 Å². The summed E-state index contributed by atoms with van der Waals surface area (Å²) in [7, 11) is 0. The Morgan fingerprint density at radius 1 is 1.17 bits per heavy atom. The van der Waals surface area contributed by atoms with Gasteiger partial charge in [0.2, 0.25) is 0 Å². The molecule has 3 aromatic rings. The smallest absolute Gasteiger partial charge is 0.328 e. The van der Waals surface area contributed by atoms with Crippen LogP contribution in [0.2, 0.25) is 0 Å². The summed E-state index contributed by atoms with van der Waals surface area (Å²) in [6, 6.07) is 7.67. The molecule has 0 radical (unpaired) electrons. The molecule has 2 heterocycles. The van der Waals surface area contributed by atoms with E-state index in [0.29, 0.717) is 22.6 Å². The van der Waals surface area contributed by atoms with Crippen molar-refractivity contribution in [1.29, 1.82) is 0 Å². The highest BCUT2D eigenvalue weighted by Gasteiger charge is 2.38. The molecule has 1 aromatic carbocycles. The molecule has 0 aliphatic heterocycles. The van der Waals surface area contributed by atoms with Crippen molar-refractivity contribution in [3.05, 3.63) is 52.1 Å². The second kappa shape index (κ2) is 6.83. The molecular formula is C24H30N4O2. The summed E-state index contributed by atoms with van der Waals surface area (Å²) in [6.45, 7) is 12.1. The molecule has 2 aromatic heterocycles. The van der Waals surface area contributed by atoms with Crippen molar-refractivity contribution in [2.45, 2.75) is 65.5 Å². The Balaban J connectivity index is 1.72. The number of nitrogens with zero attached hydrogens (tertiary/aromatic N) is 2. The molecule has 1 aliphatic rings. The van der Waals surface area contributed by atoms with Gasteiger partial charge >= 0.3 is 5.69 Å². The molecule has 0 atom stereocenters. The fourth-order valence-electron chi connectivity index (χ4n) is 4.11. The van der Waals surface area contributed by atoms with Gasteiger partial charge in [-0.15, -0.1) is 0 Å². The molecule has 0 unspecified atom stereocenters. The summed E-state index contributed by atoms with van der Waals surface area (Å²) in [5.41, 5.74) is 4.07. The van der Waals surface area contributed by atoms with E-state index in [4.69, 9.17) is 0 Å². The Labute approximate surface area is 176 Å². The fraction of sp³-hybridized carbons (Fsp3) is 0.458. The molecule has 1 amide bonds. The van der Waals surface area contributed by atoms with Crippen LogP contribution < -0.4 is 11.0 Å². The fourth-order valence-corrected chi connectivity index (χ4v) is 4.11. The third-order valence-electron chi connectivity index (χ3n) is 6.04. The number of pyridine rings is 1. The zero-order chi connectivity index (χ0) is 21.8. The van der Waals surface area contributed by atoms with Crippen molar-refractivity contribution < 1.29 is 4.79 Å². The SMILES string of the molecule is Cc1ccc(C(=O)NC(C)(C)C2CC2)cc1-c1cnc2c(c1)[nH]c(=O)n2C(C)(C)C. The van der Waals surface area contributed by atoms with Gasteiger partial charge in [-0.2, -0.15) is 0 Å². The maximum atomic E-state index is 12.9. The van der Waals surface area contributed by atoms with Crippen molar-refractivity contribution in [3.8, 4) is 11.1 Å². The zero-order valence-electron chi connectivity index (χ0n) is 18.6. The van der Waals surface area contributed by atoms with Crippen LogP contribution in [0.5, 0.6) is 0 Å². The number of rotatable bonds is 4. The van der Waals surface area contributed by atoms with Crippen LogP contribution in [0, 0.1) is 12.8 Å². The van der Waals surface area contributed by atoms with E-state index in [1.807, 2.05) is 52.0 Å².